The number of hydrogen-bond donors (Lipinski definition) is 0. The molecule has 9 rings (SSSR count). The molecule has 0 fully saturated rings. The fourth-order valence-electron chi connectivity index (χ4n) is 9.21. The van der Waals surface area contributed by atoms with E-state index >= 15 is 0 Å². The molecule has 0 bridgehead atoms. The third-order valence-corrected chi connectivity index (χ3v) is 13.8. The highest BCUT2D eigenvalue weighted by Gasteiger charge is 2.28. The summed E-state index contributed by atoms with van der Waals surface area (Å²) in [6.07, 6.45) is 5.68. The Hall–Kier alpha value is -6.72. The minimum atomic E-state index is -0.326. The predicted molar refractivity (Wildman–Crippen MR) is 269 cm³/mol. The first-order chi connectivity index (χ1) is 30.8. The molecule has 3 heterocycles. The van der Waals surface area contributed by atoms with Gasteiger partial charge < -0.3 is 4.74 Å². The molecule has 0 saturated carbocycles. The zero-order valence-corrected chi connectivity index (χ0v) is 40.2. The Labute approximate surface area is 386 Å². The van der Waals surface area contributed by atoms with Gasteiger partial charge in [-0.1, -0.05) is 148 Å². The van der Waals surface area contributed by atoms with Crippen LogP contribution >= 0.6 is 0 Å². The summed E-state index contributed by atoms with van der Waals surface area (Å²) >= 11 is 0. The molecule has 0 radical (unpaired) electrons. The molecule has 6 aromatic carbocycles. The Bertz CT molecular complexity index is 3210. The predicted octanol–water partition coefficient (Wildman–Crippen LogP) is 14.7. The average molecular weight is 855 g/mol. The molecule has 0 aliphatic carbocycles. The Morgan fingerprint density at radius 3 is 1.78 bits per heavy atom. The summed E-state index contributed by atoms with van der Waals surface area (Å²) in [6, 6.07) is 54.8. The maximum atomic E-state index is 7.07. The summed E-state index contributed by atoms with van der Waals surface area (Å²) in [5.41, 5.74) is 13.3. The van der Waals surface area contributed by atoms with Gasteiger partial charge in [0.15, 0.2) is 0 Å². The molecule has 0 atom stereocenters. The molecule has 65 heavy (non-hydrogen) atoms. The molecule has 5 heteroatoms. The molecule has 9 aromatic rings. The second kappa shape index (κ2) is 16.1. The quantitative estimate of drug-likeness (QED) is 0.107. The van der Waals surface area contributed by atoms with E-state index in [1.54, 1.807) is 0 Å². The number of aromatic nitrogens is 4. The van der Waals surface area contributed by atoms with Crippen LogP contribution in [0.15, 0.2) is 158 Å². The van der Waals surface area contributed by atoms with Gasteiger partial charge in [-0.25, -0.2) is 4.98 Å². The van der Waals surface area contributed by atoms with Gasteiger partial charge in [0.1, 0.15) is 17.3 Å². The van der Waals surface area contributed by atoms with E-state index in [4.69, 9.17) is 9.72 Å². The van der Waals surface area contributed by atoms with Crippen molar-refractivity contribution in [1.82, 2.24) is 14.1 Å². The lowest BCUT2D eigenvalue weighted by Gasteiger charge is -2.27. The number of hydrogen-bond acceptors (Lipinski definition) is 2. The van der Waals surface area contributed by atoms with E-state index in [2.05, 4.69) is 255 Å². The van der Waals surface area contributed by atoms with Crippen LogP contribution in [0.25, 0.3) is 39.0 Å². The highest BCUT2D eigenvalue weighted by atomic mass is 16.5. The monoisotopic (exact) mass is 854 g/mol. The summed E-state index contributed by atoms with van der Waals surface area (Å²) < 4.78 is 13.7. The average Bonchev–Trinajstić information content (AvgIpc) is 3.78. The fourth-order valence-corrected chi connectivity index (χ4v) is 9.21. The maximum Gasteiger partial charge on any atom is 0.269 e. The van der Waals surface area contributed by atoms with Gasteiger partial charge >= 0.3 is 0 Å². The van der Waals surface area contributed by atoms with Gasteiger partial charge in [0.2, 0.25) is 0 Å². The number of imidazole rings is 1. The van der Waals surface area contributed by atoms with Crippen LogP contribution in [-0.4, -0.2) is 14.1 Å². The summed E-state index contributed by atoms with van der Waals surface area (Å²) in [6.45, 7) is 27.1. The van der Waals surface area contributed by atoms with Gasteiger partial charge in [-0.15, -0.1) is 0 Å². The van der Waals surface area contributed by atoms with Crippen molar-refractivity contribution in [3.05, 3.63) is 209 Å². The van der Waals surface area contributed by atoms with Crippen molar-refractivity contribution >= 4 is 21.8 Å². The number of benzene rings is 6. The number of ether oxygens (including phenoxy) is 1. The van der Waals surface area contributed by atoms with E-state index in [1.165, 1.54) is 33.2 Å². The minimum absolute atomic E-state index is 0.0260. The van der Waals surface area contributed by atoms with Gasteiger partial charge in [-0.05, 0) is 125 Å². The van der Waals surface area contributed by atoms with E-state index in [-0.39, 0.29) is 21.7 Å². The van der Waals surface area contributed by atoms with E-state index in [0.29, 0.717) is 0 Å². The second-order valence-electron chi connectivity index (χ2n) is 20.9. The molecular weight excluding hydrogens is 793 g/mol. The molecule has 3 aromatic heterocycles. The molecule has 0 saturated heterocycles. The summed E-state index contributed by atoms with van der Waals surface area (Å²) in [7, 11) is 0. The van der Waals surface area contributed by atoms with Gasteiger partial charge in [0.05, 0.1) is 33.8 Å². The zero-order chi connectivity index (χ0) is 46.1. The lowest BCUT2D eigenvalue weighted by atomic mass is 9.78. The van der Waals surface area contributed by atoms with Gasteiger partial charge in [-0.2, -0.15) is 0 Å². The van der Waals surface area contributed by atoms with Crippen molar-refractivity contribution < 1.29 is 9.30 Å². The highest BCUT2D eigenvalue weighted by molar-refractivity contribution is 6.10. The second-order valence-corrected chi connectivity index (χ2v) is 20.9. The van der Waals surface area contributed by atoms with Crippen LogP contribution < -0.4 is 9.30 Å². The van der Waals surface area contributed by atoms with Crippen molar-refractivity contribution in [1.29, 1.82) is 0 Å². The fraction of sp³-hybridized carbons (Fsp3) is 0.267. The number of rotatable bonds is 9. The first-order valence-corrected chi connectivity index (χ1v) is 23.0. The molecule has 0 spiro atoms. The van der Waals surface area contributed by atoms with Gasteiger partial charge in [0.25, 0.3) is 6.33 Å². The molecule has 5 nitrogen and oxygen atoms in total. The Morgan fingerprint density at radius 1 is 0.492 bits per heavy atom. The normalized spacial score (nSPS) is 12.6. The van der Waals surface area contributed by atoms with Crippen LogP contribution in [0.3, 0.4) is 0 Å². The topological polar surface area (TPSA) is 35.9 Å². The molecule has 0 N–H and O–H groups in total. The molecule has 0 aliphatic heterocycles. The molecule has 328 valence electrons. The Balaban J connectivity index is 1.21. The number of fused-ring (bicyclic) bond motifs is 3. The Morgan fingerprint density at radius 2 is 1.12 bits per heavy atom. The largest absolute Gasteiger partial charge is 0.458 e. The SMILES string of the molecule is Cc1c(C)[n+](-c2cccc(C(C)(C)C)c2)[c-]n1-c1cc(Oc2ccc3c4cc(C(C)(C)c5ccccc5)ccc4n(-c4cc(C(C)(C)C)ccn4)c3c2)cc(C(C)(C)c2ccccc2)c1. The lowest BCUT2D eigenvalue weighted by Crippen LogP contribution is -2.32. The first-order valence-electron chi connectivity index (χ1n) is 23.0. The van der Waals surface area contributed by atoms with E-state index < -0.39 is 0 Å². The van der Waals surface area contributed by atoms with Crippen molar-refractivity contribution in [2.75, 3.05) is 0 Å². The van der Waals surface area contributed by atoms with Crippen LogP contribution in [-0.2, 0) is 21.7 Å². The van der Waals surface area contributed by atoms with Crippen LogP contribution in [0.4, 0.5) is 0 Å². The summed E-state index contributed by atoms with van der Waals surface area (Å²) in [5, 5.41) is 2.33. The summed E-state index contributed by atoms with van der Waals surface area (Å²) in [4.78, 5) is 5.01. The smallest absolute Gasteiger partial charge is 0.269 e. The molecule has 0 amide bonds. The van der Waals surface area contributed by atoms with Crippen molar-refractivity contribution in [2.24, 2.45) is 0 Å². The molecule has 0 aliphatic rings. The zero-order valence-electron chi connectivity index (χ0n) is 40.2. The van der Waals surface area contributed by atoms with Crippen molar-refractivity contribution in [3.8, 4) is 28.7 Å². The van der Waals surface area contributed by atoms with E-state index in [1.807, 2.05) is 6.20 Å². The van der Waals surface area contributed by atoms with Gasteiger partial charge in [0, 0.05) is 33.9 Å². The molecular formula is C60H62N4O. The van der Waals surface area contributed by atoms with Crippen LogP contribution in [0.5, 0.6) is 11.5 Å². The minimum Gasteiger partial charge on any atom is -0.458 e. The third-order valence-electron chi connectivity index (χ3n) is 13.8. The van der Waals surface area contributed by atoms with Crippen molar-refractivity contribution in [2.45, 2.75) is 105 Å². The van der Waals surface area contributed by atoms with Crippen LogP contribution in [0.2, 0.25) is 0 Å². The summed E-state index contributed by atoms with van der Waals surface area (Å²) in [5.74, 6) is 2.38. The third kappa shape index (κ3) is 8.07. The molecule has 0 unspecified atom stereocenters. The first kappa shape index (κ1) is 43.5. The lowest BCUT2D eigenvalue weighted by molar-refractivity contribution is -0.606. The number of pyridine rings is 1. The van der Waals surface area contributed by atoms with E-state index in [9.17, 15) is 0 Å². The van der Waals surface area contributed by atoms with E-state index in [0.717, 1.165) is 62.1 Å². The standard InChI is InChI=1S/C60H62N4O/c1-40-41(2)63(39-62(40)48-25-19-24-44(32-48)57(3,4)5)49-33-47(60(11,12)43-22-17-14-18-23-43)34-51(37-49)65-50-27-28-52-53-35-46(59(9,10)42-20-15-13-16-21-42)26-29-54(53)64(55(52)38-50)56-36-45(30-31-61-56)58(6,7)8/h13-38H,1-12H3. The van der Waals surface area contributed by atoms with Crippen molar-refractivity contribution in [3.63, 3.8) is 0 Å². The van der Waals surface area contributed by atoms with Gasteiger partial charge in [-0.3, -0.25) is 13.7 Å². The van der Waals surface area contributed by atoms with Crippen LogP contribution in [0, 0.1) is 20.2 Å². The Kier molecular flexibility index (Phi) is 10.8. The van der Waals surface area contributed by atoms with Crippen LogP contribution in [0.1, 0.15) is 114 Å². The maximum absolute atomic E-state index is 7.07. The highest BCUT2D eigenvalue weighted by Crippen LogP contribution is 2.41. The number of nitrogens with zero attached hydrogens (tertiary/aromatic N) is 4.